The molecule has 4 aromatic heterocycles. The van der Waals surface area contributed by atoms with Crippen molar-refractivity contribution >= 4 is 102 Å². The van der Waals surface area contributed by atoms with Gasteiger partial charge in [-0.1, -0.05) is 117 Å². The predicted molar refractivity (Wildman–Crippen MR) is 256 cm³/mol. The summed E-state index contributed by atoms with van der Waals surface area (Å²) in [5.41, 5.74) is 10.5. The number of aromatic nitrogens is 3. The Kier molecular flexibility index (Phi) is 7.33. The smallest absolute Gasteiger partial charge is 0.238 e. The van der Waals surface area contributed by atoms with Crippen molar-refractivity contribution in [2.24, 2.45) is 0 Å². The number of nitrogens with zero attached hydrogens (tertiary/aromatic N) is 4. The Hall–Kier alpha value is -7.19. The average molecular weight is 819 g/mol. The normalized spacial score (nSPS) is 13.2. The summed E-state index contributed by atoms with van der Waals surface area (Å²) >= 11 is 3.60. The fourth-order valence-corrected chi connectivity index (χ4v) is 12.0. The maximum Gasteiger partial charge on any atom is 0.238 e. The summed E-state index contributed by atoms with van der Waals surface area (Å²) in [5.74, 6) is 1.75. The number of hydrogen-bond acceptors (Lipinski definition) is 7. The zero-order valence-electron chi connectivity index (χ0n) is 33.2. The quantitative estimate of drug-likeness (QED) is 0.173. The lowest BCUT2D eigenvalue weighted by atomic mass is 9.82. The van der Waals surface area contributed by atoms with E-state index in [1.807, 2.05) is 29.5 Å². The molecule has 1 aliphatic rings. The van der Waals surface area contributed by atoms with Crippen LogP contribution in [0.15, 0.2) is 174 Å². The van der Waals surface area contributed by atoms with Crippen LogP contribution in [0.3, 0.4) is 0 Å². The van der Waals surface area contributed by atoms with Gasteiger partial charge in [0.05, 0.1) is 5.69 Å². The number of anilines is 3. The highest BCUT2D eigenvalue weighted by Gasteiger charge is 2.36. The molecule has 0 amide bonds. The summed E-state index contributed by atoms with van der Waals surface area (Å²) in [7, 11) is 0. The molecule has 0 unspecified atom stereocenters. The molecule has 61 heavy (non-hydrogen) atoms. The summed E-state index contributed by atoms with van der Waals surface area (Å²) in [6, 6.07) is 60.6. The first-order valence-corrected chi connectivity index (χ1v) is 22.1. The zero-order chi connectivity index (χ0) is 40.4. The lowest BCUT2D eigenvalue weighted by Gasteiger charge is -2.26. The summed E-state index contributed by atoms with van der Waals surface area (Å²) in [5, 5.41) is 6.88. The fourth-order valence-electron chi connectivity index (χ4n) is 9.65. The van der Waals surface area contributed by atoms with E-state index < -0.39 is 0 Å². The van der Waals surface area contributed by atoms with Gasteiger partial charge in [-0.3, -0.25) is 4.90 Å². The van der Waals surface area contributed by atoms with Crippen molar-refractivity contribution in [3.63, 3.8) is 0 Å². The van der Waals surface area contributed by atoms with E-state index in [0.717, 1.165) is 49.1 Å². The van der Waals surface area contributed by atoms with Gasteiger partial charge in [0.2, 0.25) is 5.95 Å². The van der Waals surface area contributed by atoms with Gasteiger partial charge in [-0.15, -0.1) is 22.7 Å². The summed E-state index contributed by atoms with van der Waals surface area (Å²) < 4.78 is 11.1. The number of furan rings is 1. The maximum atomic E-state index is 6.28. The SMILES string of the molecule is CC1(C)c2ccccc2-c2cc(N(c3nc(-c4ccc5oc6ccccc6c5c4)nc(-c4cccc5c4sc4ccccc45)n3)c3cccc4sc5ccccc5c34)ccc21. The third kappa shape index (κ3) is 5.14. The second-order valence-electron chi connectivity index (χ2n) is 16.4. The zero-order valence-corrected chi connectivity index (χ0v) is 34.8. The molecule has 288 valence electrons. The van der Waals surface area contributed by atoms with E-state index in [4.69, 9.17) is 19.4 Å². The number of rotatable bonds is 5. The molecule has 4 heterocycles. The largest absolute Gasteiger partial charge is 0.456 e. The lowest BCUT2D eigenvalue weighted by Crippen LogP contribution is -2.17. The third-order valence-corrected chi connectivity index (χ3v) is 14.9. The molecule has 0 radical (unpaired) electrons. The minimum absolute atomic E-state index is 0.134. The molecule has 13 rings (SSSR count). The van der Waals surface area contributed by atoms with Crippen molar-refractivity contribution in [3.05, 3.63) is 181 Å². The van der Waals surface area contributed by atoms with E-state index in [-0.39, 0.29) is 5.41 Å². The first-order chi connectivity index (χ1) is 30.0. The first-order valence-electron chi connectivity index (χ1n) is 20.5. The first kappa shape index (κ1) is 34.7. The van der Waals surface area contributed by atoms with Gasteiger partial charge in [-0.2, -0.15) is 9.97 Å². The summed E-state index contributed by atoms with van der Waals surface area (Å²) in [6.45, 7) is 4.65. The molecule has 7 heteroatoms. The minimum Gasteiger partial charge on any atom is -0.456 e. The van der Waals surface area contributed by atoms with E-state index >= 15 is 0 Å². The van der Waals surface area contributed by atoms with E-state index in [1.54, 1.807) is 11.3 Å². The molecule has 1 aliphatic carbocycles. The fraction of sp³-hybridized carbons (Fsp3) is 0.0556. The average Bonchev–Trinajstić information content (AvgIpc) is 4.04. The lowest BCUT2D eigenvalue weighted by molar-refractivity contribution is 0.660. The molecular formula is C54H34N4OS2. The van der Waals surface area contributed by atoms with Crippen LogP contribution in [-0.4, -0.2) is 15.0 Å². The van der Waals surface area contributed by atoms with Crippen molar-refractivity contribution < 1.29 is 4.42 Å². The van der Waals surface area contributed by atoms with Crippen LogP contribution in [0.5, 0.6) is 0 Å². The van der Waals surface area contributed by atoms with Gasteiger partial charge in [0, 0.05) is 73.3 Å². The monoisotopic (exact) mass is 818 g/mol. The molecule has 0 N–H and O–H groups in total. The van der Waals surface area contributed by atoms with Crippen LogP contribution in [0.2, 0.25) is 0 Å². The molecule has 12 aromatic rings. The van der Waals surface area contributed by atoms with Crippen molar-refractivity contribution in [1.82, 2.24) is 15.0 Å². The van der Waals surface area contributed by atoms with Crippen LogP contribution in [0.1, 0.15) is 25.0 Å². The highest BCUT2D eigenvalue weighted by molar-refractivity contribution is 7.26. The van der Waals surface area contributed by atoms with Crippen molar-refractivity contribution in [2.45, 2.75) is 19.3 Å². The second kappa shape index (κ2) is 12.9. The minimum atomic E-state index is -0.134. The number of fused-ring (bicyclic) bond motifs is 12. The Morgan fingerprint density at radius 1 is 0.475 bits per heavy atom. The van der Waals surface area contributed by atoms with Crippen LogP contribution in [0.4, 0.5) is 17.3 Å². The number of thiophene rings is 2. The van der Waals surface area contributed by atoms with E-state index in [9.17, 15) is 0 Å². The summed E-state index contributed by atoms with van der Waals surface area (Å²) in [6.07, 6.45) is 0. The Bertz CT molecular complexity index is 3780. The molecule has 0 saturated heterocycles. The number of benzene rings is 8. The molecule has 0 fully saturated rings. The van der Waals surface area contributed by atoms with Gasteiger partial charge < -0.3 is 4.42 Å². The molecule has 8 aromatic carbocycles. The molecule has 0 saturated carbocycles. The Labute approximate surface area is 358 Å². The van der Waals surface area contributed by atoms with Gasteiger partial charge in [0.15, 0.2) is 11.6 Å². The van der Waals surface area contributed by atoms with Crippen LogP contribution in [-0.2, 0) is 5.41 Å². The van der Waals surface area contributed by atoms with Gasteiger partial charge >= 0.3 is 0 Å². The van der Waals surface area contributed by atoms with Crippen molar-refractivity contribution in [2.75, 3.05) is 4.90 Å². The summed E-state index contributed by atoms with van der Waals surface area (Å²) in [4.78, 5) is 18.7. The van der Waals surface area contributed by atoms with E-state index in [2.05, 4.69) is 170 Å². The van der Waals surface area contributed by atoms with E-state index in [0.29, 0.717) is 17.6 Å². The van der Waals surface area contributed by atoms with Gasteiger partial charge in [-0.05, 0) is 89.0 Å². The van der Waals surface area contributed by atoms with Crippen LogP contribution in [0, 0.1) is 0 Å². The van der Waals surface area contributed by atoms with Gasteiger partial charge in [-0.25, -0.2) is 4.98 Å². The van der Waals surface area contributed by atoms with Crippen LogP contribution >= 0.6 is 22.7 Å². The second-order valence-corrected chi connectivity index (χ2v) is 18.5. The Morgan fingerprint density at radius 3 is 2.05 bits per heavy atom. The van der Waals surface area contributed by atoms with Crippen LogP contribution < -0.4 is 4.90 Å². The molecule has 0 aliphatic heterocycles. The highest BCUT2D eigenvalue weighted by atomic mass is 32.1. The van der Waals surface area contributed by atoms with Crippen molar-refractivity contribution in [3.8, 4) is 33.9 Å². The molecule has 0 atom stereocenters. The highest BCUT2D eigenvalue weighted by Crippen LogP contribution is 2.52. The van der Waals surface area contributed by atoms with Gasteiger partial charge in [0.25, 0.3) is 0 Å². The maximum absolute atomic E-state index is 6.28. The third-order valence-electron chi connectivity index (χ3n) is 12.6. The molecule has 5 nitrogen and oxygen atoms in total. The standard InChI is InChI=1S/C54H34N4OS2/c1-54(2)41-19-7-3-13-33(41)39-30-32(26-27-42(39)54)58(43-20-12-24-48-49(43)37-16-6-10-23-47(37)60-48)53-56-51(31-25-28-45-40(29-31)34-14-4-8-21-44(34)59-45)55-52(57-53)38-18-11-17-36-35-15-5-9-22-46(35)61-50(36)38/h3-30H,1-2H3. The molecular weight excluding hydrogens is 785 g/mol. The molecule has 0 bridgehead atoms. The van der Waals surface area contributed by atoms with E-state index in [1.165, 1.54) is 57.9 Å². The predicted octanol–water partition coefficient (Wildman–Crippen LogP) is 15.6. The van der Waals surface area contributed by atoms with Gasteiger partial charge in [0.1, 0.15) is 11.2 Å². The topological polar surface area (TPSA) is 55.1 Å². The number of hydrogen-bond donors (Lipinski definition) is 0. The van der Waals surface area contributed by atoms with Crippen LogP contribution in [0.25, 0.3) is 96.2 Å². The molecule has 0 spiro atoms. The Morgan fingerprint density at radius 2 is 1.15 bits per heavy atom. The Balaban J connectivity index is 1.12. The van der Waals surface area contributed by atoms with Crippen molar-refractivity contribution in [1.29, 1.82) is 0 Å². The number of para-hydroxylation sites is 1.